The van der Waals surface area contributed by atoms with Gasteiger partial charge in [0, 0.05) is 0 Å². The van der Waals surface area contributed by atoms with E-state index >= 15 is 0 Å². The number of fused-ring (bicyclic) bond motifs is 1. The van der Waals surface area contributed by atoms with Crippen LogP contribution in [0.1, 0.15) is 49.4 Å². The number of imide groups is 1. The molecule has 3 aromatic rings. The molecule has 0 radical (unpaired) electrons. The second-order valence-corrected chi connectivity index (χ2v) is 8.95. The number of carbonyl (C=O) groups excluding carboxylic acids is 4. The van der Waals surface area contributed by atoms with Crippen LogP contribution in [0.2, 0.25) is 0 Å². The summed E-state index contributed by atoms with van der Waals surface area (Å²) in [5.41, 5.74) is 1.25. The van der Waals surface area contributed by atoms with Crippen molar-refractivity contribution in [3.8, 4) is 5.69 Å². The van der Waals surface area contributed by atoms with Crippen LogP contribution >= 0.6 is 0 Å². The van der Waals surface area contributed by atoms with Crippen molar-refractivity contribution in [1.29, 1.82) is 0 Å². The van der Waals surface area contributed by atoms with Gasteiger partial charge in [-0.05, 0) is 57.2 Å². The van der Waals surface area contributed by atoms with E-state index in [9.17, 15) is 24.0 Å². The van der Waals surface area contributed by atoms with E-state index in [1.807, 2.05) is 19.1 Å². The maximum absolute atomic E-state index is 13.8. The molecule has 198 valence electrons. The molecule has 2 atom stereocenters. The standard InChI is InChI=1S/C27H22N4O8/c1-4-38-27(37)21-18(14(3)31(28-21)17-9-5-13(2)6-10-17)22(32)20-19-23(39-29-20)25(34)30(24(19)33)16-11-7-15(8-12-16)26(35)36/h5-12,19,23H,4H2,1-3H3,(H,35,36). The molecule has 39 heavy (non-hydrogen) atoms. The molecule has 1 aromatic heterocycles. The molecule has 0 bridgehead atoms. The van der Waals surface area contributed by atoms with Gasteiger partial charge in [-0.15, -0.1) is 0 Å². The van der Waals surface area contributed by atoms with Crippen molar-refractivity contribution in [2.24, 2.45) is 11.1 Å². The van der Waals surface area contributed by atoms with Crippen molar-refractivity contribution in [3.05, 3.63) is 76.6 Å². The number of aryl methyl sites for hydroxylation is 1. The lowest BCUT2D eigenvalue weighted by molar-refractivity contribution is -0.126. The molecule has 2 aliphatic heterocycles. The van der Waals surface area contributed by atoms with Crippen molar-refractivity contribution in [2.75, 3.05) is 11.5 Å². The summed E-state index contributed by atoms with van der Waals surface area (Å²) in [6, 6.07) is 12.4. The lowest BCUT2D eigenvalue weighted by Crippen LogP contribution is -2.34. The van der Waals surface area contributed by atoms with E-state index in [1.54, 1.807) is 26.0 Å². The largest absolute Gasteiger partial charge is 0.478 e. The number of oxime groups is 1. The Morgan fingerprint density at radius 1 is 0.974 bits per heavy atom. The number of aromatic carboxylic acids is 1. The molecule has 2 aromatic carbocycles. The second kappa shape index (κ2) is 9.63. The quantitative estimate of drug-likeness (QED) is 0.275. The Bertz CT molecular complexity index is 1570. The second-order valence-electron chi connectivity index (χ2n) is 8.95. The molecule has 0 aliphatic carbocycles. The molecule has 1 fully saturated rings. The first-order chi connectivity index (χ1) is 18.6. The number of aromatic nitrogens is 2. The number of rotatable bonds is 7. The number of carboxylic acid groups (broad SMARTS) is 1. The molecule has 1 saturated heterocycles. The zero-order chi connectivity index (χ0) is 28.0. The number of ketones is 1. The third-order valence-electron chi connectivity index (χ3n) is 6.51. The number of amides is 2. The van der Waals surface area contributed by atoms with E-state index < -0.39 is 41.6 Å². The molecular weight excluding hydrogens is 508 g/mol. The third-order valence-corrected chi connectivity index (χ3v) is 6.51. The van der Waals surface area contributed by atoms with Gasteiger partial charge in [0.15, 0.2) is 5.69 Å². The number of esters is 1. The fourth-order valence-corrected chi connectivity index (χ4v) is 4.56. The molecule has 0 spiro atoms. The fourth-order valence-electron chi connectivity index (χ4n) is 4.56. The van der Waals surface area contributed by atoms with Crippen LogP contribution < -0.4 is 4.90 Å². The van der Waals surface area contributed by atoms with Crippen LogP contribution in [0, 0.1) is 19.8 Å². The van der Waals surface area contributed by atoms with Crippen LogP contribution in [-0.2, 0) is 19.2 Å². The van der Waals surface area contributed by atoms with Crippen LogP contribution in [0.3, 0.4) is 0 Å². The first-order valence-corrected chi connectivity index (χ1v) is 12.0. The monoisotopic (exact) mass is 530 g/mol. The Morgan fingerprint density at radius 2 is 1.62 bits per heavy atom. The lowest BCUT2D eigenvalue weighted by Gasteiger charge is -2.15. The molecule has 12 heteroatoms. The summed E-state index contributed by atoms with van der Waals surface area (Å²) in [4.78, 5) is 70.3. The van der Waals surface area contributed by atoms with Crippen molar-refractivity contribution in [3.63, 3.8) is 0 Å². The predicted octanol–water partition coefficient (Wildman–Crippen LogP) is 2.49. The van der Waals surface area contributed by atoms with Gasteiger partial charge < -0.3 is 14.7 Å². The third kappa shape index (κ3) is 4.15. The van der Waals surface area contributed by atoms with Gasteiger partial charge in [0.05, 0.1) is 34.8 Å². The van der Waals surface area contributed by atoms with E-state index in [0.29, 0.717) is 11.4 Å². The van der Waals surface area contributed by atoms with Crippen molar-refractivity contribution < 1.29 is 38.7 Å². The Balaban J connectivity index is 1.52. The normalized spacial score (nSPS) is 18.0. The van der Waals surface area contributed by atoms with E-state index in [2.05, 4.69) is 10.3 Å². The number of carboxylic acids is 1. The summed E-state index contributed by atoms with van der Waals surface area (Å²) >= 11 is 0. The lowest BCUT2D eigenvalue weighted by atomic mass is 9.92. The highest BCUT2D eigenvalue weighted by Gasteiger charge is 2.58. The number of ether oxygens (including phenoxy) is 1. The zero-order valence-corrected chi connectivity index (χ0v) is 21.1. The van der Waals surface area contributed by atoms with E-state index in [4.69, 9.17) is 14.7 Å². The molecule has 2 amide bonds. The summed E-state index contributed by atoms with van der Waals surface area (Å²) in [6.45, 7) is 5.16. The molecule has 0 saturated carbocycles. The number of hydrogen-bond donors (Lipinski definition) is 1. The maximum Gasteiger partial charge on any atom is 0.359 e. The van der Waals surface area contributed by atoms with Crippen LogP contribution in [0.25, 0.3) is 5.69 Å². The van der Waals surface area contributed by atoms with Crippen molar-refractivity contribution in [1.82, 2.24) is 9.78 Å². The molecule has 2 aliphatic rings. The van der Waals surface area contributed by atoms with Gasteiger partial charge in [0.1, 0.15) is 11.6 Å². The number of Topliss-reactive ketones (excluding diaryl/α,β-unsaturated/α-hetero) is 1. The summed E-state index contributed by atoms with van der Waals surface area (Å²) in [6.07, 6.45) is -1.38. The van der Waals surface area contributed by atoms with E-state index in [-0.39, 0.29) is 34.8 Å². The van der Waals surface area contributed by atoms with Gasteiger partial charge in [-0.1, -0.05) is 22.9 Å². The van der Waals surface area contributed by atoms with Crippen molar-refractivity contribution >= 4 is 40.9 Å². The fraction of sp³-hybridized carbons (Fsp3) is 0.222. The number of hydrogen-bond acceptors (Lipinski definition) is 9. The minimum atomic E-state index is -1.38. The van der Waals surface area contributed by atoms with Crippen LogP contribution in [-0.4, -0.2) is 62.8 Å². The predicted molar refractivity (Wildman–Crippen MR) is 135 cm³/mol. The highest BCUT2D eigenvalue weighted by Crippen LogP contribution is 2.35. The molecule has 5 rings (SSSR count). The highest BCUT2D eigenvalue weighted by molar-refractivity contribution is 6.53. The van der Waals surface area contributed by atoms with Gasteiger partial charge in [0.2, 0.25) is 17.8 Å². The van der Waals surface area contributed by atoms with E-state index in [1.165, 1.54) is 28.9 Å². The molecular formula is C27H22N4O8. The average Bonchev–Trinajstić information content (AvgIpc) is 3.57. The zero-order valence-electron chi connectivity index (χ0n) is 21.1. The summed E-state index contributed by atoms with van der Waals surface area (Å²) in [7, 11) is 0. The minimum absolute atomic E-state index is 0.0284. The molecule has 1 N–H and O–H groups in total. The highest BCUT2D eigenvalue weighted by atomic mass is 16.7. The van der Waals surface area contributed by atoms with Gasteiger partial charge in [-0.25, -0.2) is 19.2 Å². The summed E-state index contributed by atoms with van der Waals surface area (Å²) in [5, 5.41) is 17.2. The Labute approximate surface area is 221 Å². The first-order valence-electron chi connectivity index (χ1n) is 12.0. The summed E-state index contributed by atoms with van der Waals surface area (Å²) < 4.78 is 6.54. The van der Waals surface area contributed by atoms with Crippen molar-refractivity contribution in [2.45, 2.75) is 26.9 Å². The molecule has 12 nitrogen and oxygen atoms in total. The number of benzene rings is 2. The van der Waals surface area contributed by atoms with E-state index in [0.717, 1.165) is 10.5 Å². The van der Waals surface area contributed by atoms with Gasteiger partial charge in [-0.3, -0.25) is 14.4 Å². The molecule has 3 heterocycles. The Morgan fingerprint density at radius 3 is 2.23 bits per heavy atom. The Hall–Kier alpha value is -5.13. The topological polar surface area (TPSA) is 157 Å². The number of anilines is 1. The van der Waals surface area contributed by atoms with Gasteiger partial charge in [0.25, 0.3) is 5.91 Å². The number of carbonyl (C=O) groups is 5. The van der Waals surface area contributed by atoms with Gasteiger partial charge >= 0.3 is 11.9 Å². The average molecular weight is 530 g/mol. The van der Waals surface area contributed by atoms with Gasteiger partial charge in [-0.2, -0.15) is 5.10 Å². The van der Waals surface area contributed by atoms with Crippen LogP contribution in [0.15, 0.2) is 53.7 Å². The SMILES string of the molecule is CCOC(=O)c1nn(-c2ccc(C)cc2)c(C)c1C(=O)C1=NOC2C(=O)N(c3ccc(C(=O)O)cc3)C(=O)C12. The maximum atomic E-state index is 13.8. The van der Waals surface area contributed by atoms with Crippen LogP contribution in [0.5, 0.6) is 0 Å². The Kier molecular flexibility index (Phi) is 6.30. The molecule has 2 unspecified atom stereocenters. The first kappa shape index (κ1) is 25.5. The minimum Gasteiger partial charge on any atom is -0.478 e. The summed E-state index contributed by atoms with van der Waals surface area (Å²) in [5.74, 6) is -5.68. The van der Waals surface area contributed by atoms with Crippen LogP contribution in [0.4, 0.5) is 5.69 Å². The smallest absolute Gasteiger partial charge is 0.359 e. The number of nitrogens with zero attached hydrogens (tertiary/aromatic N) is 4.